The maximum absolute atomic E-state index is 12.7. The highest BCUT2D eigenvalue weighted by Gasteiger charge is 2.26. The van der Waals surface area contributed by atoms with Crippen molar-refractivity contribution in [3.05, 3.63) is 75.3 Å². The monoisotopic (exact) mass is 416 g/mol. The second-order valence-electron chi connectivity index (χ2n) is 5.69. The molecule has 0 spiro atoms. The number of non-ortho nitro benzene ring substituents is 1. The number of nitro benzene ring substituents is 1. The maximum atomic E-state index is 12.7. The van der Waals surface area contributed by atoms with E-state index in [4.69, 9.17) is 8.92 Å². The van der Waals surface area contributed by atoms with Gasteiger partial charge >= 0.3 is 16.1 Å². The average Bonchev–Trinajstić information content (AvgIpc) is 2.68. The fourth-order valence-corrected chi connectivity index (χ4v) is 3.19. The molecule has 0 N–H and O–H groups in total. The number of esters is 1. The van der Waals surface area contributed by atoms with Crippen molar-refractivity contribution in [1.29, 1.82) is 5.26 Å². The Labute approximate surface area is 167 Å². The van der Waals surface area contributed by atoms with E-state index in [-0.39, 0.29) is 22.8 Å². The Morgan fingerprint density at radius 1 is 1.14 bits per heavy atom. The quantitative estimate of drug-likeness (QED) is 0.128. The number of nitriles is 1. The van der Waals surface area contributed by atoms with Crippen molar-refractivity contribution in [2.24, 2.45) is 0 Å². The minimum atomic E-state index is -4.41. The molecule has 29 heavy (non-hydrogen) atoms. The number of benzene rings is 2. The first-order valence-corrected chi connectivity index (χ1v) is 9.68. The summed E-state index contributed by atoms with van der Waals surface area (Å²) in [5, 5.41) is 20.3. The third-order valence-electron chi connectivity index (χ3n) is 3.66. The molecule has 0 bridgehead atoms. The van der Waals surface area contributed by atoms with Crippen LogP contribution in [0, 0.1) is 28.4 Å². The number of aryl methyl sites for hydroxylation is 1. The molecule has 2 rings (SSSR count). The van der Waals surface area contributed by atoms with Crippen LogP contribution in [-0.2, 0) is 23.8 Å². The lowest BCUT2D eigenvalue weighted by molar-refractivity contribution is -0.384. The van der Waals surface area contributed by atoms with Crippen LogP contribution in [0.4, 0.5) is 5.69 Å². The summed E-state index contributed by atoms with van der Waals surface area (Å²) >= 11 is 0. The largest absolute Gasteiger partial charge is 0.462 e. The Morgan fingerprint density at radius 2 is 1.72 bits per heavy atom. The molecule has 0 atom stereocenters. The first-order valence-electron chi connectivity index (χ1n) is 8.27. The van der Waals surface area contributed by atoms with Gasteiger partial charge in [0.2, 0.25) is 0 Å². The van der Waals surface area contributed by atoms with Crippen LogP contribution in [-0.4, -0.2) is 25.9 Å². The molecule has 0 aliphatic heterocycles. The van der Waals surface area contributed by atoms with E-state index < -0.39 is 32.3 Å². The Morgan fingerprint density at radius 3 is 2.21 bits per heavy atom. The number of hydrogen-bond acceptors (Lipinski definition) is 8. The first kappa shape index (κ1) is 21.6. The topological polar surface area (TPSA) is 137 Å². The summed E-state index contributed by atoms with van der Waals surface area (Å²) in [6.07, 6.45) is 0. The van der Waals surface area contributed by atoms with Gasteiger partial charge in [-0.25, -0.2) is 4.79 Å². The summed E-state index contributed by atoms with van der Waals surface area (Å²) in [6.45, 7) is 3.23. The number of ether oxygens (including phenoxy) is 1. The molecule has 9 nitrogen and oxygen atoms in total. The Kier molecular flexibility index (Phi) is 6.69. The zero-order valence-electron chi connectivity index (χ0n) is 15.5. The number of nitro groups is 1. The third-order valence-corrected chi connectivity index (χ3v) is 4.90. The van der Waals surface area contributed by atoms with Crippen molar-refractivity contribution in [2.75, 3.05) is 6.61 Å². The average molecular weight is 416 g/mol. The first-order chi connectivity index (χ1) is 13.7. The van der Waals surface area contributed by atoms with E-state index >= 15 is 0 Å². The van der Waals surface area contributed by atoms with Gasteiger partial charge in [-0.15, -0.1) is 0 Å². The van der Waals surface area contributed by atoms with E-state index in [9.17, 15) is 28.6 Å². The van der Waals surface area contributed by atoms with Crippen molar-refractivity contribution < 1.29 is 27.1 Å². The molecule has 0 aliphatic rings. The van der Waals surface area contributed by atoms with Crippen LogP contribution in [0.2, 0.25) is 0 Å². The van der Waals surface area contributed by atoms with Crippen LogP contribution in [0.1, 0.15) is 18.1 Å². The van der Waals surface area contributed by atoms with Crippen molar-refractivity contribution in [1.82, 2.24) is 0 Å². The van der Waals surface area contributed by atoms with Gasteiger partial charge in [0.05, 0.1) is 11.5 Å². The highest BCUT2D eigenvalue weighted by Crippen LogP contribution is 2.28. The fourth-order valence-electron chi connectivity index (χ4n) is 2.22. The van der Waals surface area contributed by atoms with Crippen LogP contribution in [0.5, 0.6) is 0 Å². The lowest BCUT2D eigenvalue weighted by Crippen LogP contribution is -2.13. The van der Waals surface area contributed by atoms with Gasteiger partial charge < -0.3 is 8.92 Å². The molecule has 0 unspecified atom stereocenters. The summed E-state index contributed by atoms with van der Waals surface area (Å²) in [5.74, 6) is -1.66. The summed E-state index contributed by atoms with van der Waals surface area (Å²) in [5.41, 5.74) is -0.143. The number of carbonyl (C=O) groups excluding carboxylic acids is 1. The van der Waals surface area contributed by atoms with Crippen molar-refractivity contribution in [3.63, 3.8) is 0 Å². The van der Waals surface area contributed by atoms with Gasteiger partial charge in [0.1, 0.15) is 11.0 Å². The third kappa shape index (κ3) is 5.18. The molecule has 2 aromatic carbocycles. The van der Waals surface area contributed by atoms with Gasteiger partial charge in [-0.1, -0.05) is 17.7 Å². The zero-order chi connectivity index (χ0) is 21.6. The van der Waals surface area contributed by atoms with Crippen LogP contribution in [0.3, 0.4) is 0 Å². The number of carbonyl (C=O) groups is 1. The van der Waals surface area contributed by atoms with Crippen LogP contribution in [0.25, 0.3) is 5.76 Å². The smallest absolute Gasteiger partial charge is 0.352 e. The van der Waals surface area contributed by atoms with Crippen molar-refractivity contribution >= 4 is 27.5 Å². The summed E-state index contributed by atoms with van der Waals surface area (Å²) in [6, 6.07) is 11.9. The van der Waals surface area contributed by atoms with E-state index in [0.717, 1.165) is 17.7 Å². The minimum absolute atomic E-state index is 0.0177. The van der Waals surface area contributed by atoms with Gasteiger partial charge in [-0.05, 0) is 38.1 Å². The summed E-state index contributed by atoms with van der Waals surface area (Å²) in [7, 11) is -4.41. The molecular weight excluding hydrogens is 400 g/mol. The Balaban J connectivity index is 2.61. The number of hydrogen-bond donors (Lipinski definition) is 0. The number of rotatable bonds is 7. The van der Waals surface area contributed by atoms with E-state index in [1.165, 1.54) is 31.2 Å². The molecule has 0 fully saturated rings. The molecule has 10 heteroatoms. The van der Waals surface area contributed by atoms with E-state index in [0.29, 0.717) is 0 Å². The second-order valence-corrected chi connectivity index (χ2v) is 7.24. The normalized spacial score (nSPS) is 11.8. The highest BCUT2D eigenvalue weighted by molar-refractivity contribution is 7.87. The van der Waals surface area contributed by atoms with Gasteiger partial charge in [0.25, 0.3) is 5.69 Å². The second kappa shape index (κ2) is 8.99. The molecule has 0 amide bonds. The van der Waals surface area contributed by atoms with Gasteiger partial charge in [-0.3, -0.25) is 10.1 Å². The summed E-state index contributed by atoms with van der Waals surface area (Å²) in [4.78, 5) is 22.2. The van der Waals surface area contributed by atoms with E-state index in [1.54, 1.807) is 25.1 Å². The van der Waals surface area contributed by atoms with E-state index in [2.05, 4.69) is 0 Å². The molecule has 0 radical (unpaired) electrons. The molecule has 150 valence electrons. The van der Waals surface area contributed by atoms with Crippen LogP contribution < -0.4 is 0 Å². The molecule has 0 aliphatic carbocycles. The van der Waals surface area contributed by atoms with Crippen LogP contribution in [0.15, 0.2) is 59.0 Å². The molecule has 0 saturated heterocycles. The zero-order valence-corrected chi connectivity index (χ0v) is 16.3. The van der Waals surface area contributed by atoms with Gasteiger partial charge in [0, 0.05) is 17.7 Å². The predicted molar refractivity (Wildman–Crippen MR) is 102 cm³/mol. The lowest BCUT2D eigenvalue weighted by Gasteiger charge is -2.13. The van der Waals surface area contributed by atoms with Gasteiger partial charge in [0.15, 0.2) is 11.3 Å². The van der Waals surface area contributed by atoms with Crippen molar-refractivity contribution in [2.45, 2.75) is 18.7 Å². The highest BCUT2D eigenvalue weighted by atomic mass is 32.2. The Hall–Kier alpha value is -3.71. The Bertz CT molecular complexity index is 1100. The van der Waals surface area contributed by atoms with Crippen LogP contribution >= 0.6 is 0 Å². The van der Waals surface area contributed by atoms with Crippen molar-refractivity contribution in [3.8, 4) is 6.07 Å². The fraction of sp³-hybridized carbons (Fsp3) is 0.158. The standard InChI is InChI=1S/C19H16N2O7S/c1-3-27-19(22)17(12-20)18(14-6-8-15(9-7-14)21(23)24)28-29(25,26)16-10-4-13(2)5-11-16/h4-11H,3H2,1-2H3/b18-17-. The number of nitrogens with zero attached hydrogens (tertiary/aromatic N) is 2. The summed E-state index contributed by atoms with van der Waals surface area (Å²) < 4.78 is 35.3. The predicted octanol–water partition coefficient (Wildman–Crippen LogP) is 3.11. The molecule has 2 aromatic rings. The van der Waals surface area contributed by atoms with Gasteiger partial charge in [-0.2, -0.15) is 13.7 Å². The lowest BCUT2D eigenvalue weighted by atomic mass is 10.1. The SMILES string of the molecule is CCOC(=O)/C(C#N)=C(\OS(=O)(=O)c1ccc(C)cc1)c1ccc([N+](=O)[O-])cc1. The van der Waals surface area contributed by atoms with E-state index in [1.807, 2.05) is 0 Å². The molecule has 0 heterocycles. The molecule has 0 aromatic heterocycles. The molecular formula is C19H16N2O7S. The molecule has 0 saturated carbocycles. The maximum Gasteiger partial charge on any atom is 0.352 e. The minimum Gasteiger partial charge on any atom is -0.462 e.